The molecular formula is C20H19BrO3. The topological polar surface area (TPSA) is 27.7 Å². The van der Waals surface area contributed by atoms with Crippen LogP contribution in [0.25, 0.3) is 10.8 Å². The predicted octanol–water partition coefficient (Wildman–Crippen LogP) is 5.34. The molecule has 3 nitrogen and oxygen atoms in total. The number of ether oxygens (including phenoxy) is 3. The van der Waals surface area contributed by atoms with Crippen LogP contribution in [0.15, 0.2) is 59.1 Å². The molecule has 0 saturated heterocycles. The largest absolute Gasteiger partial charge is 0.496 e. The lowest BCUT2D eigenvalue weighted by Gasteiger charge is -2.15. The standard InChI is InChI=1S/C20H19BrO3/c1-22-12-15-10-16-17(21)8-9-18(20(16)19(11-15)23-2)24-13-14-6-4-3-5-7-14/h3-11H,12-13H2,1-2H3. The molecule has 4 heteroatoms. The highest BCUT2D eigenvalue weighted by Crippen LogP contribution is 2.39. The fourth-order valence-corrected chi connectivity index (χ4v) is 3.15. The lowest BCUT2D eigenvalue weighted by molar-refractivity contribution is 0.184. The Balaban J connectivity index is 2.03. The normalized spacial score (nSPS) is 10.8. The molecule has 0 spiro atoms. The smallest absolute Gasteiger partial charge is 0.131 e. The average molecular weight is 387 g/mol. The summed E-state index contributed by atoms with van der Waals surface area (Å²) in [6.45, 7) is 1.05. The van der Waals surface area contributed by atoms with Crippen LogP contribution in [0.1, 0.15) is 11.1 Å². The van der Waals surface area contributed by atoms with Gasteiger partial charge in [-0.25, -0.2) is 0 Å². The molecule has 0 atom stereocenters. The molecule has 24 heavy (non-hydrogen) atoms. The van der Waals surface area contributed by atoms with Gasteiger partial charge >= 0.3 is 0 Å². The number of hydrogen-bond acceptors (Lipinski definition) is 3. The second kappa shape index (κ2) is 7.69. The Kier molecular flexibility index (Phi) is 5.38. The third-order valence-corrected chi connectivity index (χ3v) is 4.51. The van der Waals surface area contributed by atoms with Crippen LogP contribution in [0, 0.1) is 0 Å². The van der Waals surface area contributed by atoms with Crippen molar-refractivity contribution >= 4 is 26.7 Å². The van der Waals surface area contributed by atoms with Crippen molar-refractivity contribution in [1.82, 2.24) is 0 Å². The Bertz CT molecular complexity index is 831. The lowest BCUT2D eigenvalue weighted by atomic mass is 10.0. The van der Waals surface area contributed by atoms with Gasteiger partial charge in [0, 0.05) is 17.0 Å². The molecule has 0 fully saturated rings. The molecule has 3 aromatic carbocycles. The van der Waals surface area contributed by atoms with Gasteiger partial charge in [-0.1, -0.05) is 46.3 Å². The first kappa shape index (κ1) is 16.8. The molecule has 0 aliphatic rings. The summed E-state index contributed by atoms with van der Waals surface area (Å²) in [4.78, 5) is 0. The van der Waals surface area contributed by atoms with Crippen molar-refractivity contribution in [3.63, 3.8) is 0 Å². The maximum absolute atomic E-state index is 6.07. The van der Waals surface area contributed by atoms with Gasteiger partial charge in [0.25, 0.3) is 0 Å². The molecule has 0 aliphatic carbocycles. The van der Waals surface area contributed by atoms with Gasteiger partial charge < -0.3 is 14.2 Å². The summed E-state index contributed by atoms with van der Waals surface area (Å²) in [5.74, 6) is 1.58. The van der Waals surface area contributed by atoms with E-state index in [1.54, 1.807) is 14.2 Å². The summed E-state index contributed by atoms with van der Waals surface area (Å²) in [6.07, 6.45) is 0. The zero-order chi connectivity index (χ0) is 16.9. The summed E-state index contributed by atoms with van der Waals surface area (Å²) >= 11 is 3.62. The van der Waals surface area contributed by atoms with Crippen LogP contribution in [0.3, 0.4) is 0 Å². The number of fused-ring (bicyclic) bond motifs is 1. The van der Waals surface area contributed by atoms with Crippen molar-refractivity contribution in [2.24, 2.45) is 0 Å². The van der Waals surface area contributed by atoms with E-state index in [4.69, 9.17) is 14.2 Å². The first-order valence-electron chi connectivity index (χ1n) is 7.67. The van der Waals surface area contributed by atoms with E-state index in [1.165, 1.54) is 0 Å². The summed E-state index contributed by atoms with van der Waals surface area (Å²) in [5.41, 5.74) is 2.19. The maximum Gasteiger partial charge on any atom is 0.131 e. The lowest BCUT2D eigenvalue weighted by Crippen LogP contribution is -1.98. The van der Waals surface area contributed by atoms with E-state index in [9.17, 15) is 0 Å². The Hall–Kier alpha value is -2.04. The van der Waals surface area contributed by atoms with Gasteiger partial charge in [-0.3, -0.25) is 0 Å². The highest BCUT2D eigenvalue weighted by molar-refractivity contribution is 9.10. The number of rotatable bonds is 6. The van der Waals surface area contributed by atoms with Crippen LogP contribution in [0.2, 0.25) is 0 Å². The van der Waals surface area contributed by atoms with Gasteiger partial charge in [-0.15, -0.1) is 0 Å². The second-order valence-electron chi connectivity index (χ2n) is 5.47. The van der Waals surface area contributed by atoms with Crippen molar-refractivity contribution in [2.75, 3.05) is 14.2 Å². The summed E-state index contributed by atoms with van der Waals surface area (Å²) < 4.78 is 17.9. The minimum atomic E-state index is 0.514. The third kappa shape index (κ3) is 3.55. The van der Waals surface area contributed by atoms with E-state index in [-0.39, 0.29) is 0 Å². The molecule has 3 rings (SSSR count). The van der Waals surface area contributed by atoms with Crippen molar-refractivity contribution in [3.8, 4) is 11.5 Å². The van der Waals surface area contributed by atoms with Crippen LogP contribution < -0.4 is 9.47 Å². The minimum Gasteiger partial charge on any atom is -0.496 e. The monoisotopic (exact) mass is 386 g/mol. The Morgan fingerprint density at radius 2 is 1.62 bits per heavy atom. The van der Waals surface area contributed by atoms with Crippen LogP contribution in [0.5, 0.6) is 11.5 Å². The molecular weight excluding hydrogens is 368 g/mol. The number of benzene rings is 3. The van der Waals surface area contributed by atoms with E-state index >= 15 is 0 Å². The quantitative estimate of drug-likeness (QED) is 0.572. The fraction of sp³-hybridized carbons (Fsp3) is 0.200. The molecule has 3 aromatic rings. The highest BCUT2D eigenvalue weighted by Gasteiger charge is 2.13. The predicted molar refractivity (Wildman–Crippen MR) is 99.7 cm³/mol. The zero-order valence-corrected chi connectivity index (χ0v) is 15.3. The first-order chi connectivity index (χ1) is 11.7. The molecule has 0 radical (unpaired) electrons. The molecule has 0 aromatic heterocycles. The molecule has 0 N–H and O–H groups in total. The molecule has 0 bridgehead atoms. The van der Waals surface area contributed by atoms with E-state index in [0.29, 0.717) is 13.2 Å². The SMILES string of the molecule is COCc1cc(OC)c2c(OCc3ccccc3)ccc(Br)c2c1. The van der Waals surface area contributed by atoms with E-state index < -0.39 is 0 Å². The number of hydrogen-bond donors (Lipinski definition) is 0. The van der Waals surface area contributed by atoms with Crippen LogP contribution >= 0.6 is 15.9 Å². The van der Waals surface area contributed by atoms with Crippen molar-refractivity contribution in [2.45, 2.75) is 13.2 Å². The molecule has 0 unspecified atom stereocenters. The zero-order valence-electron chi connectivity index (χ0n) is 13.7. The fourth-order valence-electron chi connectivity index (χ4n) is 2.70. The van der Waals surface area contributed by atoms with Crippen LogP contribution in [0.4, 0.5) is 0 Å². The summed E-state index contributed by atoms with van der Waals surface area (Å²) in [6, 6.07) is 18.2. The molecule has 0 amide bonds. The van der Waals surface area contributed by atoms with Crippen molar-refractivity contribution in [3.05, 3.63) is 70.2 Å². The van der Waals surface area contributed by atoms with Gasteiger partial charge in [0.1, 0.15) is 18.1 Å². The number of halogens is 1. The van der Waals surface area contributed by atoms with Gasteiger partial charge in [0.05, 0.1) is 19.1 Å². The highest BCUT2D eigenvalue weighted by atomic mass is 79.9. The number of methoxy groups -OCH3 is 2. The van der Waals surface area contributed by atoms with E-state index in [0.717, 1.165) is 37.9 Å². The van der Waals surface area contributed by atoms with Gasteiger partial charge in [0.2, 0.25) is 0 Å². The summed E-state index contributed by atoms with van der Waals surface area (Å²) in [5, 5.41) is 2.01. The first-order valence-corrected chi connectivity index (χ1v) is 8.47. The van der Waals surface area contributed by atoms with E-state index in [1.807, 2.05) is 36.4 Å². The molecule has 0 aliphatic heterocycles. The van der Waals surface area contributed by atoms with Crippen molar-refractivity contribution in [1.29, 1.82) is 0 Å². The minimum absolute atomic E-state index is 0.514. The molecule has 0 heterocycles. The van der Waals surface area contributed by atoms with Gasteiger partial charge in [0.15, 0.2) is 0 Å². The Morgan fingerprint density at radius 3 is 2.33 bits per heavy atom. The maximum atomic E-state index is 6.07. The van der Waals surface area contributed by atoms with Crippen LogP contribution in [-0.4, -0.2) is 14.2 Å². The molecule has 0 saturated carbocycles. The molecule has 124 valence electrons. The van der Waals surface area contributed by atoms with Gasteiger partial charge in [-0.05, 0) is 35.4 Å². The summed E-state index contributed by atoms with van der Waals surface area (Å²) in [7, 11) is 3.36. The van der Waals surface area contributed by atoms with Crippen LogP contribution in [-0.2, 0) is 18.0 Å². The Morgan fingerprint density at radius 1 is 0.833 bits per heavy atom. The third-order valence-electron chi connectivity index (χ3n) is 3.81. The van der Waals surface area contributed by atoms with Gasteiger partial charge in [-0.2, -0.15) is 0 Å². The van der Waals surface area contributed by atoms with E-state index in [2.05, 4.69) is 34.1 Å². The second-order valence-corrected chi connectivity index (χ2v) is 6.33. The Labute approximate surface area is 150 Å². The average Bonchev–Trinajstić information content (AvgIpc) is 2.62. The van der Waals surface area contributed by atoms with Crippen molar-refractivity contribution < 1.29 is 14.2 Å².